The number of aromatic amines is 2. The quantitative estimate of drug-likeness (QED) is 0.443. The van der Waals surface area contributed by atoms with Crippen LogP contribution in [0.5, 0.6) is 0 Å². The molecular weight excluding hydrogens is 414 g/mol. The van der Waals surface area contributed by atoms with Gasteiger partial charge >= 0.3 is 11.4 Å². The number of aromatic nitrogens is 4. The summed E-state index contributed by atoms with van der Waals surface area (Å²) in [5.41, 5.74) is -0.768. The first-order valence-corrected chi connectivity index (χ1v) is 9.87. The van der Waals surface area contributed by atoms with Crippen molar-refractivity contribution in [2.24, 2.45) is 0 Å². The molecule has 1 aromatic carbocycles. The van der Waals surface area contributed by atoms with E-state index >= 15 is 0 Å². The molecule has 0 bridgehead atoms. The molecule has 0 atom stereocenters. The summed E-state index contributed by atoms with van der Waals surface area (Å²) in [6, 6.07) is 8.53. The zero-order valence-corrected chi connectivity index (χ0v) is 17.6. The Labute approximate surface area is 181 Å². The van der Waals surface area contributed by atoms with Crippen LogP contribution >= 0.6 is 0 Å². The van der Waals surface area contributed by atoms with E-state index in [1.54, 1.807) is 19.9 Å². The molecule has 32 heavy (non-hydrogen) atoms. The maximum Gasteiger partial charge on any atom is 0.328 e. The van der Waals surface area contributed by atoms with Gasteiger partial charge in [0.05, 0.1) is 6.04 Å². The number of rotatable bonds is 7. The number of carbonyl (C=O) groups excluding carboxylic acids is 1. The molecule has 2 heterocycles. The lowest BCUT2D eigenvalue weighted by Crippen LogP contribution is -2.45. The minimum absolute atomic E-state index is 0.00795. The topological polar surface area (TPSA) is 139 Å². The van der Waals surface area contributed by atoms with Gasteiger partial charge in [0.2, 0.25) is 5.91 Å². The summed E-state index contributed by atoms with van der Waals surface area (Å²) in [7, 11) is 0. The van der Waals surface area contributed by atoms with E-state index in [4.69, 9.17) is 0 Å². The van der Waals surface area contributed by atoms with Gasteiger partial charge < -0.3 is 5.32 Å². The highest BCUT2D eigenvalue weighted by Crippen LogP contribution is 2.01. The van der Waals surface area contributed by atoms with E-state index < -0.39 is 34.4 Å². The molecule has 1 amide bonds. The van der Waals surface area contributed by atoms with Gasteiger partial charge in [-0.05, 0) is 25.5 Å². The highest BCUT2D eigenvalue weighted by Gasteiger charge is 2.16. The zero-order chi connectivity index (χ0) is 23.3. The van der Waals surface area contributed by atoms with E-state index in [1.165, 1.54) is 27.6 Å². The monoisotopic (exact) mass is 437 g/mol. The minimum atomic E-state index is -0.700. The van der Waals surface area contributed by atoms with Crippen molar-refractivity contribution < 1.29 is 4.79 Å². The molecule has 2 aromatic heterocycles. The normalized spacial score (nSPS) is 11.2. The average Bonchev–Trinajstić information content (AvgIpc) is 2.75. The van der Waals surface area contributed by atoms with E-state index in [0.29, 0.717) is 11.1 Å². The highest BCUT2D eigenvalue weighted by atomic mass is 16.2. The number of hydrogen-bond acceptors (Lipinski definition) is 5. The molecule has 3 rings (SSSR count). The van der Waals surface area contributed by atoms with Crippen LogP contribution in [0.15, 0.2) is 68.0 Å². The van der Waals surface area contributed by atoms with Gasteiger partial charge in [-0.15, -0.1) is 0 Å². The van der Waals surface area contributed by atoms with E-state index in [9.17, 15) is 24.0 Å². The molecule has 0 saturated carbocycles. The van der Waals surface area contributed by atoms with Crippen molar-refractivity contribution in [1.29, 1.82) is 0 Å². The molecule has 0 aliphatic heterocycles. The summed E-state index contributed by atoms with van der Waals surface area (Å²) in [6.45, 7) is 3.10. The Morgan fingerprint density at radius 2 is 1.41 bits per heavy atom. The molecular formula is C22H23N5O5. The number of amides is 1. The summed E-state index contributed by atoms with van der Waals surface area (Å²) in [5, 5.41) is 2.78. The van der Waals surface area contributed by atoms with Crippen molar-refractivity contribution in [3.05, 3.63) is 107 Å². The Morgan fingerprint density at radius 1 is 0.906 bits per heavy atom. The van der Waals surface area contributed by atoms with Crippen molar-refractivity contribution in [1.82, 2.24) is 24.4 Å². The van der Waals surface area contributed by atoms with Crippen LogP contribution in [-0.4, -0.2) is 31.1 Å². The van der Waals surface area contributed by atoms with Gasteiger partial charge in [-0.25, -0.2) is 9.59 Å². The van der Waals surface area contributed by atoms with E-state index in [-0.39, 0.29) is 13.1 Å². The molecule has 3 N–H and O–H groups in total. The third-order valence-electron chi connectivity index (χ3n) is 4.79. The Hall–Kier alpha value is -4.21. The Bertz CT molecular complexity index is 1300. The first-order valence-electron chi connectivity index (χ1n) is 9.87. The number of nitrogens with zero attached hydrogens (tertiary/aromatic N) is 2. The van der Waals surface area contributed by atoms with Crippen molar-refractivity contribution in [3.63, 3.8) is 0 Å². The summed E-state index contributed by atoms with van der Waals surface area (Å²) in [4.78, 5) is 64.7. The second-order valence-corrected chi connectivity index (χ2v) is 7.40. The third kappa shape index (κ3) is 5.69. The zero-order valence-electron chi connectivity index (χ0n) is 17.6. The average molecular weight is 437 g/mol. The molecule has 10 nitrogen and oxygen atoms in total. The van der Waals surface area contributed by atoms with Crippen LogP contribution in [0.4, 0.5) is 0 Å². The van der Waals surface area contributed by atoms with E-state index in [0.717, 1.165) is 5.56 Å². The SMILES string of the molecule is Cc1cn(CC(Cn2cc(C)c(=O)[nH]c2=O)NC(=O)C=Cc2ccccc2)c(=O)[nH]c1=O. The van der Waals surface area contributed by atoms with Gasteiger partial charge in [0.1, 0.15) is 0 Å². The largest absolute Gasteiger partial charge is 0.346 e. The van der Waals surface area contributed by atoms with Crippen molar-refractivity contribution in [3.8, 4) is 0 Å². The maximum atomic E-state index is 12.5. The molecule has 0 aliphatic rings. The summed E-state index contributed by atoms with van der Waals surface area (Å²) >= 11 is 0. The fourth-order valence-electron chi connectivity index (χ4n) is 3.12. The second-order valence-electron chi connectivity index (χ2n) is 7.40. The number of benzene rings is 1. The number of aryl methyl sites for hydroxylation is 2. The van der Waals surface area contributed by atoms with Crippen LogP contribution in [0.1, 0.15) is 16.7 Å². The van der Waals surface area contributed by atoms with Gasteiger partial charge in [0.25, 0.3) is 11.1 Å². The summed E-state index contributed by atoms with van der Waals surface area (Å²) in [5.74, 6) is -0.428. The predicted molar refractivity (Wildman–Crippen MR) is 120 cm³/mol. The van der Waals surface area contributed by atoms with Crippen LogP contribution in [0.2, 0.25) is 0 Å². The first kappa shape index (κ1) is 22.5. The van der Waals surface area contributed by atoms with Crippen LogP contribution in [-0.2, 0) is 17.9 Å². The van der Waals surface area contributed by atoms with Crippen LogP contribution in [0.3, 0.4) is 0 Å². The number of H-pyrrole nitrogens is 2. The number of hydrogen-bond donors (Lipinski definition) is 3. The first-order chi connectivity index (χ1) is 15.2. The van der Waals surface area contributed by atoms with Gasteiger partial charge in [-0.3, -0.25) is 33.5 Å². The molecule has 0 aliphatic carbocycles. The smallest absolute Gasteiger partial charge is 0.328 e. The third-order valence-corrected chi connectivity index (χ3v) is 4.79. The van der Waals surface area contributed by atoms with Gasteiger partial charge in [-0.2, -0.15) is 0 Å². The minimum Gasteiger partial charge on any atom is -0.346 e. The second kappa shape index (κ2) is 9.73. The lowest BCUT2D eigenvalue weighted by Gasteiger charge is -2.20. The predicted octanol–water partition coefficient (Wildman–Crippen LogP) is -0.0982. The fourth-order valence-corrected chi connectivity index (χ4v) is 3.12. The van der Waals surface area contributed by atoms with E-state index in [2.05, 4.69) is 15.3 Å². The molecule has 10 heteroatoms. The Morgan fingerprint density at radius 3 is 1.91 bits per heavy atom. The van der Waals surface area contributed by atoms with Gasteiger partial charge in [0.15, 0.2) is 0 Å². The van der Waals surface area contributed by atoms with Crippen molar-refractivity contribution in [2.75, 3.05) is 0 Å². The molecule has 3 aromatic rings. The standard InChI is InChI=1S/C22H23N5O5/c1-14-10-26(21(31)24-19(14)29)12-17(13-27-11-15(2)20(30)25-22(27)32)23-18(28)9-8-16-6-4-3-5-7-16/h3-11,17H,12-13H2,1-2H3,(H,23,28)(H,24,29,31)(H,25,30,32). The summed E-state index contributed by atoms with van der Waals surface area (Å²) < 4.78 is 2.51. The lowest BCUT2D eigenvalue weighted by atomic mass is 10.2. The van der Waals surface area contributed by atoms with Gasteiger partial charge in [-0.1, -0.05) is 30.3 Å². The lowest BCUT2D eigenvalue weighted by molar-refractivity contribution is -0.117. The van der Waals surface area contributed by atoms with Crippen molar-refractivity contribution in [2.45, 2.75) is 33.0 Å². The van der Waals surface area contributed by atoms with Gasteiger partial charge in [0, 0.05) is 42.7 Å². The molecule has 0 saturated heterocycles. The molecule has 0 radical (unpaired) electrons. The fraction of sp³-hybridized carbons (Fsp3) is 0.227. The molecule has 0 spiro atoms. The Balaban J connectivity index is 1.88. The van der Waals surface area contributed by atoms with Crippen LogP contribution in [0, 0.1) is 13.8 Å². The Kier molecular flexibility index (Phi) is 6.83. The van der Waals surface area contributed by atoms with E-state index in [1.807, 2.05) is 30.3 Å². The van der Waals surface area contributed by atoms with Crippen molar-refractivity contribution >= 4 is 12.0 Å². The number of carbonyl (C=O) groups is 1. The van der Waals surface area contributed by atoms with Crippen LogP contribution < -0.4 is 27.8 Å². The molecule has 0 unspecified atom stereocenters. The molecule has 166 valence electrons. The summed E-state index contributed by atoms with van der Waals surface area (Å²) in [6.07, 6.45) is 5.77. The number of nitrogens with one attached hydrogen (secondary N) is 3. The highest BCUT2D eigenvalue weighted by molar-refractivity contribution is 5.91. The van der Waals surface area contributed by atoms with Crippen LogP contribution in [0.25, 0.3) is 6.08 Å². The molecule has 0 fully saturated rings. The maximum absolute atomic E-state index is 12.5.